The van der Waals surface area contributed by atoms with Crippen LogP contribution in [-0.2, 0) is 9.59 Å². The number of nitrogens with two attached hydrogens (primary N) is 2. The molecule has 0 radical (unpaired) electrons. The maximum Gasteiger partial charge on any atom is 0.225 e. The van der Waals surface area contributed by atoms with Crippen LogP contribution in [0.5, 0.6) is 0 Å². The Morgan fingerprint density at radius 3 is 2.33 bits per heavy atom. The highest BCUT2D eigenvalue weighted by atomic mass is 16.2. The summed E-state index contributed by atoms with van der Waals surface area (Å²) in [4.78, 5) is 21.7. The van der Waals surface area contributed by atoms with Gasteiger partial charge in [-0.2, -0.15) is 0 Å². The van der Waals surface area contributed by atoms with Crippen molar-refractivity contribution in [3.05, 3.63) is 12.2 Å². The number of allylic oxidation sites excluding steroid dienone is 1. The van der Waals surface area contributed by atoms with Gasteiger partial charge in [0.25, 0.3) is 0 Å². The van der Waals surface area contributed by atoms with Gasteiger partial charge in [-0.15, -0.1) is 0 Å². The van der Waals surface area contributed by atoms with Gasteiger partial charge in [0.1, 0.15) is 0 Å². The summed E-state index contributed by atoms with van der Waals surface area (Å²) >= 11 is 0. The number of amides is 2. The molecule has 0 saturated heterocycles. The third-order valence-corrected chi connectivity index (χ3v) is 2.12. The van der Waals surface area contributed by atoms with E-state index in [-0.39, 0.29) is 0 Å². The zero-order valence-corrected chi connectivity index (χ0v) is 6.69. The van der Waals surface area contributed by atoms with Crippen molar-refractivity contribution in [2.75, 3.05) is 0 Å². The van der Waals surface area contributed by atoms with Crippen LogP contribution < -0.4 is 11.5 Å². The maximum absolute atomic E-state index is 10.8. The minimum absolute atomic E-state index is 0.410. The molecule has 2 amide bonds. The number of carbonyl (C=O) groups is 2. The van der Waals surface area contributed by atoms with Crippen LogP contribution in [0.2, 0.25) is 0 Å². The molecule has 2 unspecified atom stereocenters. The summed E-state index contributed by atoms with van der Waals surface area (Å²) in [6, 6.07) is 0. The highest BCUT2D eigenvalue weighted by Crippen LogP contribution is 2.23. The topological polar surface area (TPSA) is 86.2 Å². The van der Waals surface area contributed by atoms with Gasteiger partial charge in [0, 0.05) is 0 Å². The quantitative estimate of drug-likeness (QED) is 0.546. The molecule has 0 bridgehead atoms. The van der Waals surface area contributed by atoms with Gasteiger partial charge in [0.05, 0.1) is 11.8 Å². The average Bonchev–Trinajstić information content (AvgIpc) is 2.04. The highest BCUT2D eigenvalue weighted by molar-refractivity contribution is 5.87. The van der Waals surface area contributed by atoms with E-state index >= 15 is 0 Å². The van der Waals surface area contributed by atoms with Gasteiger partial charge in [-0.05, 0) is 12.8 Å². The second-order valence-electron chi connectivity index (χ2n) is 2.94. The molecule has 0 heterocycles. The van der Waals surface area contributed by atoms with E-state index in [4.69, 9.17) is 11.5 Å². The summed E-state index contributed by atoms with van der Waals surface area (Å²) < 4.78 is 0. The molecular weight excluding hydrogens is 156 g/mol. The Labute approximate surface area is 70.6 Å². The van der Waals surface area contributed by atoms with Crippen LogP contribution in [0.15, 0.2) is 12.2 Å². The van der Waals surface area contributed by atoms with Crippen molar-refractivity contribution >= 4 is 11.8 Å². The standard InChI is InChI=1S/C8H12N2O2/c9-7(11)5-3-1-2-4-6(5)8(10)12/h1,3,5-6H,2,4H2,(H2,9,11)(H2,10,12). The van der Waals surface area contributed by atoms with E-state index in [0.717, 1.165) is 6.42 Å². The van der Waals surface area contributed by atoms with Crippen LogP contribution in [-0.4, -0.2) is 11.8 Å². The lowest BCUT2D eigenvalue weighted by Gasteiger charge is -2.21. The molecule has 1 aliphatic carbocycles. The molecule has 0 saturated carbocycles. The third-order valence-electron chi connectivity index (χ3n) is 2.12. The fourth-order valence-corrected chi connectivity index (χ4v) is 1.44. The summed E-state index contributed by atoms with van der Waals surface area (Å²) in [6.45, 7) is 0. The molecule has 0 spiro atoms. The molecule has 0 aromatic carbocycles. The smallest absolute Gasteiger partial charge is 0.225 e. The molecule has 4 heteroatoms. The summed E-state index contributed by atoms with van der Waals surface area (Å²) in [7, 11) is 0. The first-order valence-electron chi connectivity index (χ1n) is 3.88. The lowest BCUT2D eigenvalue weighted by Crippen LogP contribution is -2.37. The highest BCUT2D eigenvalue weighted by Gasteiger charge is 2.30. The Balaban J connectivity index is 2.79. The van der Waals surface area contributed by atoms with E-state index in [9.17, 15) is 9.59 Å². The van der Waals surface area contributed by atoms with Crippen LogP contribution >= 0.6 is 0 Å². The molecular formula is C8H12N2O2. The van der Waals surface area contributed by atoms with Gasteiger partial charge < -0.3 is 11.5 Å². The Kier molecular flexibility index (Phi) is 2.47. The average molecular weight is 168 g/mol. The fraction of sp³-hybridized carbons (Fsp3) is 0.500. The minimum atomic E-state index is -0.503. The second-order valence-corrected chi connectivity index (χ2v) is 2.94. The predicted octanol–water partition coefficient (Wildman–Crippen LogP) is -0.461. The van der Waals surface area contributed by atoms with Crippen LogP contribution in [0.1, 0.15) is 12.8 Å². The van der Waals surface area contributed by atoms with Crippen molar-refractivity contribution < 1.29 is 9.59 Å². The first kappa shape index (κ1) is 8.77. The normalized spacial score (nSPS) is 28.3. The largest absolute Gasteiger partial charge is 0.369 e. The molecule has 0 aromatic heterocycles. The Bertz CT molecular complexity index is 235. The number of primary amides is 2. The lowest BCUT2D eigenvalue weighted by atomic mass is 9.83. The predicted molar refractivity (Wildman–Crippen MR) is 43.7 cm³/mol. The van der Waals surface area contributed by atoms with E-state index in [1.807, 2.05) is 6.08 Å². The number of hydrogen-bond donors (Lipinski definition) is 2. The molecule has 66 valence electrons. The number of rotatable bonds is 2. The fourth-order valence-electron chi connectivity index (χ4n) is 1.44. The van der Waals surface area contributed by atoms with Crippen molar-refractivity contribution in [1.82, 2.24) is 0 Å². The van der Waals surface area contributed by atoms with Crippen LogP contribution in [0.4, 0.5) is 0 Å². The SMILES string of the molecule is NC(=O)C1C=CCCC1C(N)=O. The molecule has 0 aliphatic heterocycles. The molecule has 4 N–H and O–H groups in total. The van der Waals surface area contributed by atoms with Crippen LogP contribution in [0.25, 0.3) is 0 Å². The van der Waals surface area contributed by atoms with Gasteiger partial charge >= 0.3 is 0 Å². The van der Waals surface area contributed by atoms with Gasteiger partial charge in [0.2, 0.25) is 11.8 Å². The van der Waals surface area contributed by atoms with Gasteiger partial charge in [-0.25, -0.2) is 0 Å². The number of hydrogen-bond acceptors (Lipinski definition) is 2. The molecule has 2 atom stereocenters. The Morgan fingerprint density at radius 1 is 1.25 bits per heavy atom. The monoisotopic (exact) mass is 168 g/mol. The molecule has 0 aromatic rings. The van der Waals surface area contributed by atoms with Crippen molar-refractivity contribution in [3.63, 3.8) is 0 Å². The van der Waals surface area contributed by atoms with Crippen molar-refractivity contribution in [1.29, 1.82) is 0 Å². The Morgan fingerprint density at radius 2 is 1.92 bits per heavy atom. The first-order valence-corrected chi connectivity index (χ1v) is 3.88. The summed E-state index contributed by atoms with van der Waals surface area (Å²) in [5.74, 6) is -1.83. The van der Waals surface area contributed by atoms with Crippen molar-refractivity contribution in [2.45, 2.75) is 12.8 Å². The molecule has 12 heavy (non-hydrogen) atoms. The molecule has 0 fully saturated rings. The van der Waals surface area contributed by atoms with Gasteiger partial charge in [0.15, 0.2) is 0 Å². The van der Waals surface area contributed by atoms with E-state index in [2.05, 4.69) is 0 Å². The Hall–Kier alpha value is -1.32. The minimum Gasteiger partial charge on any atom is -0.369 e. The molecule has 1 rings (SSSR count). The lowest BCUT2D eigenvalue weighted by molar-refractivity contribution is -0.130. The van der Waals surface area contributed by atoms with Gasteiger partial charge in [-0.3, -0.25) is 9.59 Å². The van der Waals surface area contributed by atoms with E-state index in [1.54, 1.807) is 6.08 Å². The molecule has 4 nitrogen and oxygen atoms in total. The zero-order chi connectivity index (χ0) is 9.14. The molecule has 1 aliphatic rings. The van der Waals surface area contributed by atoms with Crippen LogP contribution in [0, 0.1) is 11.8 Å². The van der Waals surface area contributed by atoms with E-state index < -0.39 is 23.7 Å². The summed E-state index contributed by atoms with van der Waals surface area (Å²) in [6.07, 6.45) is 4.94. The van der Waals surface area contributed by atoms with E-state index in [1.165, 1.54) is 0 Å². The zero-order valence-electron chi connectivity index (χ0n) is 6.69. The van der Waals surface area contributed by atoms with Crippen molar-refractivity contribution in [2.24, 2.45) is 23.3 Å². The second kappa shape index (κ2) is 3.38. The number of carbonyl (C=O) groups excluding carboxylic acids is 2. The van der Waals surface area contributed by atoms with Crippen molar-refractivity contribution in [3.8, 4) is 0 Å². The van der Waals surface area contributed by atoms with Crippen LogP contribution in [0.3, 0.4) is 0 Å². The summed E-state index contributed by atoms with van der Waals surface area (Å²) in [5.41, 5.74) is 10.2. The maximum atomic E-state index is 10.8. The summed E-state index contributed by atoms with van der Waals surface area (Å²) in [5, 5.41) is 0. The third kappa shape index (κ3) is 1.64. The van der Waals surface area contributed by atoms with E-state index in [0.29, 0.717) is 6.42 Å². The first-order chi connectivity index (χ1) is 5.63. The van der Waals surface area contributed by atoms with Gasteiger partial charge in [-0.1, -0.05) is 12.2 Å².